The second kappa shape index (κ2) is 21.0. The molecule has 202 valence electrons. The summed E-state index contributed by atoms with van der Waals surface area (Å²) in [4.78, 5) is 44.9. The van der Waals surface area contributed by atoms with Crippen LogP contribution < -0.4 is 22.1 Å². The lowest BCUT2D eigenvalue weighted by Crippen LogP contribution is -2.58. The Labute approximate surface area is 213 Å². The molecule has 0 bridgehead atoms. The van der Waals surface area contributed by atoms with Crippen LogP contribution in [0.25, 0.3) is 0 Å². The maximum absolute atomic E-state index is 12.2. The number of nitrogens with one attached hydrogen (secondary N) is 2. The molecule has 6 N–H and O–H groups in total. The predicted molar refractivity (Wildman–Crippen MR) is 136 cm³/mol. The second-order valence-corrected chi connectivity index (χ2v) is 7.87. The van der Waals surface area contributed by atoms with Crippen molar-refractivity contribution in [3.05, 3.63) is 49.6 Å². The monoisotopic (exact) mass is 508 g/mol. The quantitative estimate of drug-likeness (QED) is 0.114. The molecule has 36 heavy (non-hydrogen) atoms. The number of carbonyl (C=O) groups is 4. The molecular weight excluding hydrogens is 468 g/mol. The summed E-state index contributed by atoms with van der Waals surface area (Å²) >= 11 is 0. The summed E-state index contributed by atoms with van der Waals surface area (Å²) in [6.07, 6.45) is 11.4. The Morgan fingerprint density at radius 2 is 1.17 bits per heavy atom. The molecule has 11 heteroatoms. The number of amides is 4. The Bertz CT molecular complexity index is 732. The summed E-state index contributed by atoms with van der Waals surface area (Å²) in [6.45, 7) is 8.73. The largest absolute Gasteiger partial charge is 0.379 e. The first-order valence-electron chi connectivity index (χ1n) is 11.7. The summed E-state index contributed by atoms with van der Waals surface area (Å²) in [5.74, 6) is -1.69. The number of allylic oxidation sites excluding steroid dienone is 2. The van der Waals surface area contributed by atoms with Crippen molar-refractivity contribution in [3.63, 3.8) is 0 Å². The summed E-state index contributed by atoms with van der Waals surface area (Å²) in [7, 11) is 0. The number of primary amides is 2. The molecule has 0 unspecified atom stereocenters. The zero-order valence-corrected chi connectivity index (χ0v) is 20.9. The molecule has 0 saturated heterocycles. The highest BCUT2D eigenvalue weighted by Gasteiger charge is 2.33. The summed E-state index contributed by atoms with van der Waals surface area (Å²) < 4.78 is 17.4. The van der Waals surface area contributed by atoms with Crippen molar-refractivity contribution < 1.29 is 33.4 Å². The Balaban J connectivity index is 4.96. The van der Waals surface area contributed by atoms with Gasteiger partial charge < -0.3 is 36.3 Å². The number of unbranched alkanes of at least 4 members (excludes halogenated alkanes) is 2. The van der Waals surface area contributed by atoms with E-state index in [1.807, 2.05) is 0 Å². The van der Waals surface area contributed by atoms with E-state index >= 15 is 0 Å². The third-order valence-corrected chi connectivity index (χ3v) is 4.54. The van der Waals surface area contributed by atoms with Crippen LogP contribution in [0, 0.1) is 0 Å². The van der Waals surface area contributed by atoms with Crippen LogP contribution in [-0.2, 0) is 33.4 Å². The third-order valence-electron chi connectivity index (χ3n) is 4.54. The van der Waals surface area contributed by atoms with Crippen molar-refractivity contribution in [3.8, 4) is 0 Å². The second-order valence-electron chi connectivity index (χ2n) is 7.87. The van der Waals surface area contributed by atoms with Gasteiger partial charge in [0, 0.05) is 26.4 Å². The fourth-order valence-corrected chi connectivity index (χ4v) is 2.81. The molecule has 0 spiro atoms. The van der Waals surface area contributed by atoms with Gasteiger partial charge in [0.25, 0.3) is 0 Å². The van der Waals surface area contributed by atoms with Gasteiger partial charge in [-0.15, -0.1) is 0 Å². The first-order valence-corrected chi connectivity index (χ1v) is 11.7. The van der Waals surface area contributed by atoms with E-state index < -0.39 is 23.3 Å². The summed E-state index contributed by atoms with van der Waals surface area (Å²) in [5.41, 5.74) is 9.14. The first-order chi connectivity index (χ1) is 17.2. The molecular formula is C25H40N4O7. The van der Waals surface area contributed by atoms with Crippen LogP contribution in [0.3, 0.4) is 0 Å². The molecule has 0 atom stereocenters. The lowest BCUT2D eigenvalue weighted by molar-refractivity contribution is -0.123. The van der Waals surface area contributed by atoms with Crippen LogP contribution >= 0.6 is 0 Å². The molecule has 0 aliphatic heterocycles. The highest BCUT2D eigenvalue weighted by molar-refractivity contribution is 5.87. The van der Waals surface area contributed by atoms with Crippen LogP contribution in [0.4, 0.5) is 0 Å². The molecule has 0 fully saturated rings. The van der Waals surface area contributed by atoms with E-state index in [9.17, 15) is 19.2 Å². The van der Waals surface area contributed by atoms with Crippen LogP contribution in [0.5, 0.6) is 0 Å². The maximum Gasteiger partial charge on any atom is 0.244 e. The van der Waals surface area contributed by atoms with E-state index in [2.05, 4.69) is 23.8 Å². The van der Waals surface area contributed by atoms with Gasteiger partial charge in [0.1, 0.15) is 5.54 Å². The average molecular weight is 509 g/mol. The third kappa shape index (κ3) is 19.1. The fourth-order valence-electron chi connectivity index (χ4n) is 2.81. The molecule has 11 nitrogen and oxygen atoms in total. The van der Waals surface area contributed by atoms with Gasteiger partial charge in [-0.05, 0) is 56.4 Å². The van der Waals surface area contributed by atoms with E-state index in [0.29, 0.717) is 58.5 Å². The lowest BCUT2D eigenvalue weighted by Gasteiger charge is -2.34. The Kier molecular flexibility index (Phi) is 19.1. The fraction of sp³-hybridized carbons (Fsp3) is 0.520. The molecule has 0 aromatic carbocycles. The van der Waals surface area contributed by atoms with Crippen LogP contribution in [0.1, 0.15) is 32.1 Å². The normalized spacial score (nSPS) is 12.8. The topological polar surface area (TPSA) is 172 Å². The Morgan fingerprint density at radius 3 is 1.58 bits per heavy atom. The maximum atomic E-state index is 12.2. The van der Waals surface area contributed by atoms with Crippen LogP contribution in [0.2, 0.25) is 0 Å². The van der Waals surface area contributed by atoms with Crippen molar-refractivity contribution in [2.45, 2.75) is 37.6 Å². The molecule has 0 aromatic rings. The number of hydrogen-bond acceptors (Lipinski definition) is 7. The molecule has 0 aliphatic rings. The SMILES string of the molecule is C=CC(=O)NCCCOCC(COCCCC=CC(N)=O)(COCCCC=CC(N)=O)NC(=O)C=C. The molecule has 0 aliphatic carbocycles. The lowest BCUT2D eigenvalue weighted by atomic mass is 10.0. The van der Waals surface area contributed by atoms with Gasteiger partial charge in [0.05, 0.1) is 19.8 Å². The first kappa shape index (κ1) is 32.7. The smallest absolute Gasteiger partial charge is 0.244 e. The molecule has 0 saturated carbocycles. The Hall–Kier alpha value is -3.28. The van der Waals surface area contributed by atoms with E-state index in [1.165, 1.54) is 18.2 Å². The van der Waals surface area contributed by atoms with Crippen molar-refractivity contribution in [2.24, 2.45) is 11.5 Å². The van der Waals surface area contributed by atoms with Crippen LogP contribution in [-0.4, -0.2) is 75.4 Å². The Morgan fingerprint density at radius 1 is 0.722 bits per heavy atom. The minimum atomic E-state index is -0.984. The summed E-state index contributed by atoms with van der Waals surface area (Å²) in [6, 6.07) is 0. The summed E-state index contributed by atoms with van der Waals surface area (Å²) in [5, 5.41) is 5.53. The minimum Gasteiger partial charge on any atom is -0.379 e. The number of hydrogen-bond donors (Lipinski definition) is 4. The van der Waals surface area contributed by atoms with E-state index in [0.717, 1.165) is 6.08 Å². The number of carbonyl (C=O) groups excluding carboxylic acids is 4. The number of nitrogens with two attached hydrogens (primary N) is 2. The minimum absolute atomic E-state index is 0.102. The molecule has 0 rings (SSSR count). The van der Waals surface area contributed by atoms with E-state index in [-0.39, 0.29) is 25.7 Å². The van der Waals surface area contributed by atoms with Gasteiger partial charge in [0.15, 0.2) is 0 Å². The highest BCUT2D eigenvalue weighted by Crippen LogP contribution is 2.11. The van der Waals surface area contributed by atoms with Crippen molar-refractivity contribution in [1.29, 1.82) is 0 Å². The number of ether oxygens (including phenoxy) is 3. The predicted octanol–water partition coefficient (Wildman–Crippen LogP) is 0.413. The van der Waals surface area contributed by atoms with Gasteiger partial charge in [-0.3, -0.25) is 19.2 Å². The van der Waals surface area contributed by atoms with Crippen molar-refractivity contribution in [2.75, 3.05) is 46.2 Å². The average Bonchev–Trinajstić information content (AvgIpc) is 2.84. The van der Waals surface area contributed by atoms with E-state index in [1.54, 1.807) is 12.2 Å². The molecule has 0 radical (unpaired) electrons. The van der Waals surface area contributed by atoms with Gasteiger partial charge in [-0.25, -0.2) is 0 Å². The van der Waals surface area contributed by atoms with Gasteiger partial charge in [0.2, 0.25) is 23.6 Å². The van der Waals surface area contributed by atoms with Gasteiger partial charge in [-0.2, -0.15) is 0 Å². The molecule has 4 amide bonds. The van der Waals surface area contributed by atoms with Crippen molar-refractivity contribution in [1.82, 2.24) is 10.6 Å². The van der Waals surface area contributed by atoms with Crippen molar-refractivity contribution >= 4 is 23.6 Å². The molecule has 0 aromatic heterocycles. The molecule has 0 heterocycles. The highest BCUT2D eigenvalue weighted by atomic mass is 16.5. The van der Waals surface area contributed by atoms with Gasteiger partial charge in [-0.1, -0.05) is 25.3 Å². The number of rotatable bonds is 23. The zero-order valence-electron chi connectivity index (χ0n) is 20.9. The zero-order chi connectivity index (χ0) is 27.1. The van der Waals surface area contributed by atoms with Gasteiger partial charge >= 0.3 is 0 Å². The van der Waals surface area contributed by atoms with Crippen LogP contribution in [0.15, 0.2) is 49.6 Å². The van der Waals surface area contributed by atoms with E-state index in [4.69, 9.17) is 25.7 Å². The standard InChI is InChI=1S/C25H40N4O7/c1-3-23(32)28-14-11-17-36-20-25(29-24(33)4-2,18-34-15-9-5-7-12-21(26)30)19-35-16-10-6-8-13-22(27)31/h3-4,7-8,12-13H,1-2,5-6,9-11,14-20H2,(H2,26,30)(H2,27,31)(H,28,32)(H,29,33).